The fourth-order valence-corrected chi connectivity index (χ4v) is 4.36. The van der Waals surface area contributed by atoms with Gasteiger partial charge in [-0.2, -0.15) is 0 Å². The third-order valence-electron chi connectivity index (χ3n) is 6.16. The summed E-state index contributed by atoms with van der Waals surface area (Å²) in [5.41, 5.74) is 5.23. The summed E-state index contributed by atoms with van der Waals surface area (Å²) in [4.78, 5) is 2.36. The molecule has 2 aromatic carbocycles. The highest BCUT2D eigenvalue weighted by Gasteiger charge is 2.26. The zero-order valence-corrected chi connectivity index (χ0v) is 19.8. The number of nitrogens with one attached hydrogen (secondary N) is 1. The number of ether oxygens (including phenoxy) is 3. The second-order valence-corrected chi connectivity index (χ2v) is 7.86. The summed E-state index contributed by atoms with van der Waals surface area (Å²) in [5, 5.41) is 3.73. The van der Waals surface area contributed by atoms with E-state index in [1.807, 2.05) is 6.92 Å². The fraction of sp³-hybridized carbons (Fsp3) is 0.538. The normalized spacial score (nSPS) is 15.6. The van der Waals surface area contributed by atoms with Crippen LogP contribution in [-0.2, 0) is 12.8 Å². The van der Waals surface area contributed by atoms with Gasteiger partial charge in [0.05, 0.1) is 19.8 Å². The third-order valence-corrected chi connectivity index (χ3v) is 6.16. The molecule has 5 heteroatoms. The number of nitrogens with zero attached hydrogens (tertiary/aromatic N) is 1. The Morgan fingerprint density at radius 1 is 0.968 bits per heavy atom. The molecule has 1 unspecified atom stereocenters. The van der Waals surface area contributed by atoms with Crippen LogP contribution in [0.4, 0.5) is 0 Å². The minimum Gasteiger partial charge on any atom is -0.494 e. The highest BCUT2D eigenvalue weighted by Crippen LogP contribution is 2.39. The van der Waals surface area contributed by atoms with Crippen LogP contribution in [0.15, 0.2) is 30.3 Å². The molecule has 0 spiro atoms. The lowest BCUT2D eigenvalue weighted by Crippen LogP contribution is -2.31. The van der Waals surface area contributed by atoms with E-state index < -0.39 is 0 Å². The van der Waals surface area contributed by atoms with Crippen molar-refractivity contribution in [3.63, 3.8) is 0 Å². The molecule has 1 atom stereocenters. The zero-order chi connectivity index (χ0) is 22.2. The number of aryl methyl sites for hydroxylation is 1. The molecule has 0 fully saturated rings. The van der Waals surface area contributed by atoms with Crippen molar-refractivity contribution in [2.24, 2.45) is 0 Å². The van der Waals surface area contributed by atoms with Crippen LogP contribution in [0.2, 0.25) is 0 Å². The molecule has 2 aromatic rings. The maximum Gasteiger partial charge on any atom is 0.161 e. The van der Waals surface area contributed by atoms with Gasteiger partial charge in [-0.25, -0.2) is 0 Å². The largest absolute Gasteiger partial charge is 0.494 e. The first-order valence-corrected chi connectivity index (χ1v) is 11.7. The van der Waals surface area contributed by atoms with E-state index in [0.717, 1.165) is 56.3 Å². The highest BCUT2D eigenvalue weighted by molar-refractivity contribution is 5.53. The van der Waals surface area contributed by atoms with Crippen molar-refractivity contribution in [1.82, 2.24) is 10.2 Å². The molecule has 0 bridgehead atoms. The van der Waals surface area contributed by atoms with Gasteiger partial charge in [-0.3, -0.25) is 0 Å². The average Bonchev–Trinajstić information content (AvgIpc) is 2.81. The van der Waals surface area contributed by atoms with Crippen LogP contribution < -0.4 is 19.5 Å². The molecular formula is C26H38N2O3. The van der Waals surface area contributed by atoms with Crippen LogP contribution in [-0.4, -0.2) is 51.4 Å². The lowest BCUT2D eigenvalue weighted by Gasteiger charge is -2.30. The van der Waals surface area contributed by atoms with Crippen molar-refractivity contribution in [3.05, 3.63) is 52.6 Å². The summed E-state index contributed by atoms with van der Waals surface area (Å²) in [6, 6.07) is 11.0. The van der Waals surface area contributed by atoms with E-state index in [1.54, 1.807) is 7.11 Å². The average molecular weight is 427 g/mol. The summed E-state index contributed by atoms with van der Waals surface area (Å²) in [7, 11) is 1.72. The standard InChI is InChI=1S/C26H38N2O3/c1-6-19-16-21(30-9-4)10-11-22(19)26-23-18-25(31-15-14-28(7-2)8-3)24(29-5)17-20(23)12-13-27-26/h10-11,16-18,26-27H,6-9,12-15H2,1-5H3. The molecule has 1 N–H and O–H groups in total. The molecule has 31 heavy (non-hydrogen) atoms. The number of benzene rings is 2. The van der Waals surface area contributed by atoms with Crippen molar-refractivity contribution >= 4 is 0 Å². The lowest BCUT2D eigenvalue weighted by molar-refractivity contribution is 0.217. The predicted molar refractivity (Wildman–Crippen MR) is 127 cm³/mol. The molecule has 5 nitrogen and oxygen atoms in total. The Morgan fingerprint density at radius 2 is 1.77 bits per heavy atom. The van der Waals surface area contributed by atoms with Gasteiger partial charge in [-0.05, 0) is 79.4 Å². The maximum atomic E-state index is 6.21. The van der Waals surface area contributed by atoms with Gasteiger partial charge in [0, 0.05) is 13.1 Å². The van der Waals surface area contributed by atoms with Crippen LogP contribution >= 0.6 is 0 Å². The summed E-state index contributed by atoms with van der Waals surface area (Å²) in [6.07, 6.45) is 1.95. The van der Waals surface area contributed by atoms with E-state index in [-0.39, 0.29) is 6.04 Å². The molecule has 3 rings (SSSR count). The van der Waals surface area contributed by atoms with Crippen LogP contribution in [0.5, 0.6) is 17.2 Å². The lowest BCUT2D eigenvalue weighted by atomic mass is 9.86. The SMILES string of the molecule is CCOc1ccc(C2NCCc3cc(OC)c(OCCN(CC)CC)cc32)c(CC)c1. The van der Waals surface area contributed by atoms with E-state index in [9.17, 15) is 0 Å². The van der Waals surface area contributed by atoms with Crippen LogP contribution in [0.1, 0.15) is 56.0 Å². The van der Waals surface area contributed by atoms with E-state index in [1.165, 1.54) is 22.3 Å². The molecule has 0 amide bonds. The van der Waals surface area contributed by atoms with Gasteiger partial charge in [0.25, 0.3) is 0 Å². The monoisotopic (exact) mass is 426 g/mol. The van der Waals surface area contributed by atoms with Gasteiger partial charge in [0.1, 0.15) is 12.4 Å². The molecule has 0 radical (unpaired) electrons. The van der Waals surface area contributed by atoms with Crippen molar-refractivity contribution < 1.29 is 14.2 Å². The Morgan fingerprint density at radius 3 is 2.45 bits per heavy atom. The van der Waals surface area contributed by atoms with E-state index in [4.69, 9.17) is 14.2 Å². The minimum absolute atomic E-state index is 0.144. The molecule has 0 saturated heterocycles. The number of methoxy groups -OCH3 is 1. The molecule has 170 valence electrons. The van der Waals surface area contributed by atoms with Gasteiger partial charge in [0.2, 0.25) is 0 Å². The number of hydrogen-bond donors (Lipinski definition) is 1. The van der Waals surface area contributed by atoms with E-state index in [2.05, 4.69) is 61.3 Å². The van der Waals surface area contributed by atoms with Gasteiger partial charge < -0.3 is 24.4 Å². The van der Waals surface area contributed by atoms with Crippen LogP contribution in [0.25, 0.3) is 0 Å². The van der Waals surface area contributed by atoms with Gasteiger partial charge >= 0.3 is 0 Å². The maximum absolute atomic E-state index is 6.21. The van der Waals surface area contributed by atoms with Crippen LogP contribution in [0.3, 0.4) is 0 Å². The molecule has 0 saturated carbocycles. The molecule has 1 heterocycles. The predicted octanol–water partition coefficient (Wildman–Crippen LogP) is 4.61. The Hall–Kier alpha value is -2.24. The van der Waals surface area contributed by atoms with Crippen molar-refractivity contribution in [1.29, 1.82) is 0 Å². The first-order valence-electron chi connectivity index (χ1n) is 11.7. The summed E-state index contributed by atoms with van der Waals surface area (Å²) < 4.78 is 17.6. The topological polar surface area (TPSA) is 43.0 Å². The summed E-state index contributed by atoms with van der Waals surface area (Å²) in [5.74, 6) is 2.58. The number of hydrogen-bond acceptors (Lipinski definition) is 5. The number of likely N-dealkylation sites (N-methyl/N-ethyl adjacent to an activating group) is 1. The van der Waals surface area contributed by atoms with Crippen molar-refractivity contribution in [3.8, 4) is 17.2 Å². The van der Waals surface area contributed by atoms with Gasteiger partial charge in [-0.1, -0.05) is 26.8 Å². The highest BCUT2D eigenvalue weighted by atomic mass is 16.5. The zero-order valence-electron chi connectivity index (χ0n) is 19.8. The quantitative estimate of drug-likeness (QED) is 0.568. The fourth-order valence-electron chi connectivity index (χ4n) is 4.36. The second kappa shape index (κ2) is 11.4. The van der Waals surface area contributed by atoms with Gasteiger partial charge in [0.15, 0.2) is 11.5 Å². The van der Waals surface area contributed by atoms with Crippen LogP contribution in [0, 0.1) is 0 Å². The number of fused-ring (bicyclic) bond motifs is 1. The Labute approximate surface area is 187 Å². The Bertz CT molecular complexity index is 849. The first-order chi connectivity index (χ1) is 15.1. The number of rotatable bonds is 11. The second-order valence-electron chi connectivity index (χ2n) is 7.86. The Balaban J connectivity index is 1.91. The summed E-state index contributed by atoms with van der Waals surface area (Å²) in [6.45, 7) is 13.8. The summed E-state index contributed by atoms with van der Waals surface area (Å²) >= 11 is 0. The van der Waals surface area contributed by atoms with Gasteiger partial charge in [-0.15, -0.1) is 0 Å². The van der Waals surface area contributed by atoms with Crippen molar-refractivity contribution in [2.45, 2.75) is 46.6 Å². The van der Waals surface area contributed by atoms with E-state index in [0.29, 0.717) is 13.2 Å². The van der Waals surface area contributed by atoms with Crippen molar-refractivity contribution in [2.75, 3.05) is 46.5 Å². The molecule has 1 aliphatic rings. The molecule has 0 aromatic heterocycles. The first kappa shape index (κ1) is 23.4. The van der Waals surface area contributed by atoms with E-state index >= 15 is 0 Å². The molecular weight excluding hydrogens is 388 g/mol. The minimum atomic E-state index is 0.144. The smallest absolute Gasteiger partial charge is 0.161 e. The third kappa shape index (κ3) is 5.52. The molecule has 1 aliphatic heterocycles. The molecule has 0 aliphatic carbocycles. The Kier molecular flexibility index (Phi) is 8.61.